The molecule has 3 heterocycles. The van der Waals surface area contributed by atoms with E-state index in [4.69, 9.17) is 0 Å². The van der Waals surface area contributed by atoms with Gasteiger partial charge in [-0.3, -0.25) is 14.3 Å². The predicted molar refractivity (Wildman–Crippen MR) is 81.9 cm³/mol. The van der Waals surface area contributed by atoms with Gasteiger partial charge in [-0.25, -0.2) is 4.79 Å². The van der Waals surface area contributed by atoms with E-state index >= 15 is 0 Å². The molecule has 21 heavy (non-hydrogen) atoms. The summed E-state index contributed by atoms with van der Waals surface area (Å²) in [6.45, 7) is 6.83. The summed E-state index contributed by atoms with van der Waals surface area (Å²) in [4.78, 5) is 33.2. The molecule has 1 aliphatic rings. The Balaban J connectivity index is 2.30. The van der Waals surface area contributed by atoms with Crippen molar-refractivity contribution in [1.29, 1.82) is 0 Å². The zero-order valence-corrected chi connectivity index (χ0v) is 12.7. The quantitative estimate of drug-likeness (QED) is 0.902. The summed E-state index contributed by atoms with van der Waals surface area (Å²) < 4.78 is 3.37. The highest BCUT2D eigenvalue weighted by molar-refractivity contribution is 5.74. The van der Waals surface area contributed by atoms with Crippen molar-refractivity contribution in [2.75, 3.05) is 18.0 Å². The third-order valence-electron chi connectivity index (χ3n) is 3.92. The van der Waals surface area contributed by atoms with E-state index in [9.17, 15) is 9.59 Å². The summed E-state index contributed by atoms with van der Waals surface area (Å²) >= 11 is 0. The first-order valence-electron chi connectivity index (χ1n) is 7.43. The maximum absolute atomic E-state index is 12.2. The summed E-state index contributed by atoms with van der Waals surface area (Å²) in [6.07, 6.45) is 2.28. The molecule has 0 unspecified atom stereocenters. The number of rotatable bonds is 3. The largest absolute Gasteiger partial charge is 0.342 e. The lowest BCUT2D eigenvalue weighted by Gasteiger charge is -2.19. The van der Waals surface area contributed by atoms with Crippen LogP contribution in [-0.4, -0.2) is 32.2 Å². The average molecular weight is 291 g/mol. The number of nitrogens with zero attached hydrogens (tertiary/aromatic N) is 4. The van der Waals surface area contributed by atoms with Crippen LogP contribution in [0.5, 0.6) is 0 Å². The van der Waals surface area contributed by atoms with Gasteiger partial charge >= 0.3 is 5.69 Å². The Labute approximate surface area is 122 Å². The van der Waals surface area contributed by atoms with E-state index in [-0.39, 0.29) is 5.56 Å². The topological polar surface area (TPSA) is 75.9 Å². The monoisotopic (exact) mass is 291 g/mol. The van der Waals surface area contributed by atoms with Crippen molar-refractivity contribution in [1.82, 2.24) is 19.1 Å². The standard InChI is InChI=1S/C14H21N5O2/c1-9(2)8-19-10-11(17(3)14(21)16-12(10)20)15-13(19)18-6-4-5-7-18/h9H,4-8H2,1-3H3,(H,16,20,21). The average Bonchev–Trinajstić information content (AvgIpc) is 3.02. The van der Waals surface area contributed by atoms with Crippen molar-refractivity contribution in [3.63, 3.8) is 0 Å². The Kier molecular flexibility index (Phi) is 3.35. The SMILES string of the molecule is CC(C)Cn1c(N2CCCC2)nc2c1c(=O)[nH]c(=O)n2C. The van der Waals surface area contributed by atoms with Gasteiger partial charge in [0, 0.05) is 26.7 Å². The second-order valence-electron chi connectivity index (χ2n) is 6.10. The number of hydrogen-bond acceptors (Lipinski definition) is 4. The van der Waals surface area contributed by atoms with Crippen LogP contribution in [0.1, 0.15) is 26.7 Å². The summed E-state index contributed by atoms with van der Waals surface area (Å²) in [6, 6.07) is 0. The summed E-state index contributed by atoms with van der Waals surface area (Å²) in [7, 11) is 1.64. The van der Waals surface area contributed by atoms with Gasteiger partial charge in [0.15, 0.2) is 11.2 Å². The third-order valence-corrected chi connectivity index (χ3v) is 3.92. The molecule has 7 heteroatoms. The van der Waals surface area contributed by atoms with Crippen molar-refractivity contribution in [3.05, 3.63) is 20.8 Å². The Morgan fingerprint density at radius 1 is 1.24 bits per heavy atom. The maximum Gasteiger partial charge on any atom is 0.329 e. The van der Waals surface area contributed by atoms with Gasteiger partial charge in [-0.1, -0.05) is 13.8 Å². The third kappa shape index (κ3) is 2.26. The van der Waals surface area contributed by atoms with Gasteiger partial charge < -0.3 is 9.47 Å². The molecule has 0 aromatic carbocycles. The van der Waals surface area contributed by atoms with Crippen molar-refractivity contribution >= 4 is 17.1 Å². The zero-order valence-electron chi connectivity index (χ0n) is 12.7. The number of hydrogen-bond donors (Lipinski definition) is 1. The molecule has 2 aromatic rings. The van der Waals surface area contributed by atoms with Crippen LogP contribution in [0.2, 0.25) is 0 Å². The van der Waals surface area contributed by atoms with E-state index in [1.807, 2.05) is 4.57 Å². The van der Waals surface area contributed by atoms with Crippen LogP contribution in [0, 0.1) is 5.92 Å². The van der Waals surface area contributed by atoms with Crippen LogP contribution >= 0.6 is 0 Å². The lowest BCUT2D eigenvalue weighted by Crippen LogP contribution is -2.29. The molecule has 0 radical (unpaired) electrons. The molecule has 0 atom stereocenters. The number of aromatic nitrogens is 4. The highest BCUT2D eigenvalue weighted by Gasteiger charge is 2.23. The lowest BCUT2D eigenvalue weighted by molar-refractivity contribution is 0.529. The van der Waals surface area contributed by atoms with Crippen molar-refractivity contribution in [3.8, 4) is 0 Å². The fourth-order valence-corrected chi connectivity index (χ4v) is 2.92. The maximum atomic E-state index is 12.2. The summed E-state index contributed by atoms with van der Waals surface area (Å²) in [5, 5.41) is 0. The molecule has 1 aliphatic heterocycles. The van der Waals surface area contributed by atoms with Crippen LogP contribution in [0.25, 0.3) is 11.2 Å². The van der Waals surface area contributed by atoms with Gasteiger partial charge in [0.25, 0.3) is 5.56 Å². The Morgan fingerprint density at radius 2 is 1.90 bits per heavy atom. The minimum Gasteiger partial charge on any atom is -0.342 e. The molecule has 114 valence electrons. The normalized spacial score (nSPS) is 15.5. The van der Waals surface area contributed by atoms with Gasteiger partial charge in [-0.2, -0.15) is 4.98 Å². The van der Waals surface area contributed by atoms with E-state index < -0.39 is 5.69 Å². The molecule has 1 saturated heterocycles. The second-order valence-corrected chi connectivity index (χ2v) is 6.10. The van der Waals surface area contributed by atoms with Crippen LogP contribution in [0.4, 0.5) is 5.95 Å². The number of aromatic amines is 1. The van der Waals surface area contributed by atoms with Gasteiger partial charge in [-0.15, -0.1) is 0 Å². The van der Waals surface area contributed by atoms with Crippen molar-refractivity contribution in [2.45, 2.75) is 33.2 Å². The molecule has 7 nitrogen and oxygen atoms in total. The predicted octanol–water partition coefficient (Wildman–Crippen LogP) is 0.679. The van der Waals surface area contributed by atoms with E-state index in [0.29, 0.717) is 23.6 Å². The second kappa shape index (κ2) is 5.05. The number of nitrogens with one attached hydrogen (secondary N) is 1. The molecule has 3 rings (SSSR count). The lowest BCUT2D eigenvalue weighted by atomic mass is 10.2. The molecule has 0 bridgehead atoms. The summed E-state index contributed by atoms with van der Waals surface area (Å²) in [5.74, 6) is 1.20. The van der Waals surface area contributed by atoms with Crippen LogP contribution < -0.4 is 16.1 Å². The Morgan fingerprint density at radius 3 is 2.52 bits per heavy atom. The van der Waals surface area contributed by atoms with E-state index in [2.05, 4.69) is 28.7 Å². The Bertz CT molecular complexity index is 777. The van der Waals surface area contributed by atoms with Gasteiger partial charge in [0.2, 0.25) is 5.95 Å². The highest BCUT2D eigenvalue weighted by Crippen LogP contribution is 2.24. The minimum absolute atomic E-state index is 0.355. The molecule has 0 amide bonds. The molecule has 2 aromatic heterocycles. The molecular weight excluding hydrogens is 270 g/mol. The van der Waals surface area contributed by atoms with Gasteiger partial charge in [0.1, 0.15) is 0 Å². The van der Waals surface area contributed by atoms with Crippen molar-refractivity contribution in [2.24, 2.45) is 13.0 Å². The van der Waals surface area contributed by atoms with E-state index in [1.54, 1.807) is 7.05 Å². The minimum atomic E-state index is -0.422. The molecule has 0 saturated carbocycles. The molecule has 0 spiro atoms. The summed E-state index contributed by atoms with van der Waals surface area (Å²) in [5.41, 5.74) is 0.181. The van der Waals surface area contributed by atoms with Crippen LogP contribution in [0.3, 0.4) is 0 Å². The first kappa shape index (κ1) is 13.9. The van der Waals surface area contributed by atoms with Crippen molar-refractivity contribution < 1.29 is 0 Å². The smallest absolute Gasteiger partial charge is 0.329 e. The van der Waals surface area contributed by atoms with E-state index in [1.165, 1.54) is 4.57 Å². The fraction of sp³-hybridized carbons (Fsp3) is 0.643. The Hall–Kier alpha value is -2.05. The number of anilines is 1. The molecule has 0 aliphatic carbocycles. The van der Waals surface area contributed by atoms with Crippen LogP contribution in [0.15, 0.2) is 9.59 Å². The first-order valence-corrected chi connectivity index (χ1v) is 7.43. The number of imidazole rings is 1. The number of H-pyrrole nitrogens is 1. The molecule has 1 fully saturated rings. The van der Waals surface area contributed by atoms with Crippen LogP contribution in [-0.2, 0) is 13.6 Å². The number of aryl methyl sites for hydroxylation is 1. The van der Waals surface area contributed by atoms with Gasteiger partial charge in [-0.05, 0) is 18.8 Å². The number of fused-ring (bicyclic) bond motifs is 1. The van der Waals surface area contributed by atoms with Gasteiger partial charge in [0.05, 0.1) is 0 Å². The zero-order chi connectivity index (χ0) is 15.1. The fourth-order valence-electron chi connectivity index (χ4n) is 2.92. The highest BCUT2D eigenvalue weighted by atomic mass is 16.2. The first-order chi connectivity index (χ1) is 9.99. The van der Waals surface area contributed by atoms with E-state index in [0.717, 1.165) is 31.9 Å². The molecular formula is C14H21N5O2. The molecule has 1 N–H and O–H groups in total.